The Morgan fingerprint density at radius 3 is 2.39 bits per heavy atom. The Bertz CT molecular complexity index is 1030. The van der Waals surface area contributed by atoms with Crippen molar-refractivity contribution in [2.75, 3.05) is 11.9 Å². The molecule has 1 amide bonds. The zero-order valence-corrected chi connectivity index (χ0v) is 20.7. The van der Waals surface area contributed by atoms with Crippen LogP contribution in [0.4, 0.5) is 5.69 Å². The second-order valence-electron chi connectivity index (χ2n) is 11.7. The molecule has 4 atom stereocenters. The number of anilines is 1. The highest BCUT2D eigenvalue weighted by atomic mass is 35.5. The SMILES string of the molecule is Cc1ccc(NC(=O)COc2ccc(Cl)cc2CNC23CC4C[C@@](C)(C2)C[C@](C)(C4)C3)cc1. The van der Waals surface area contributed by atoms with Gasteiger partial charge in [-0.1, -0.05) is 43.1 Å². The summed E-state index contributed by atoms with van der Waals surface area (Å²) in [7, 11) is 0. The van der Waals surface area contributed by atoms with Crippen LogP contribution < -0.4 is 15.4 Å². The summed E-state index contributed by atoms with van der Waals surface area (Å²) in [6.07, 6.45) is 7.90. The van der Waals surface area contributed by atoms with Crippen LogP contribution in [0.25, 0.3) is 0 Å². The summed E-state index contributed by atoms with van der Waals surface area (Å²) in [4.78, 5) is 12.4. The Morgan fingerprint density at radius 2 is 1.73 bits per heavy atom. The molecular formula is C28H35ClN2O2. The van der Waals surface area contributed by atoms with Gasteiger partial charge in [0.25, 0.3) is 5.91 Å². The van der Waals surface area contributed by atoms with Gasteiger partial charge in [0, 0.05) is 28.4 Å². The number of aryl methyl sites for hydroxylation is 1. The number of carbonyl (C=O) groups is 1. The summed E-state index contributed by atoms with van der Waals surface area (Å²) < 4.78 is 5.95. The third-order valence-electron chi connectivity index (χ3n) is 8.00. The lowest BCUT2D eigenvalue weighted by Crippen LogP contribution is -2.63. The maximum absolute atomic E-state index is 12.4. The van der Waals surface area contributed by atoms with Crippen LogP contribution in [-0.4, -0.2) is 18.1 Å². The van der Waals surface area contributed by atoms with E-state index in [0.717, 1.165) is 22.7 Å². The van der Waals surface area contributed by atoms with Crippen molar-refractivity contribution in [2.24, 2.45) is 16.7 Å². The Labute approximate surface area is 202 Å². The van der Waals surface area contributed by atoms with Gasteiger partial charge in [-0.15, -0.1) is 0 Å². The molecule has 2 aromatic rings. The zero-order chi connectivity index (χ0) is 23.3. The normalized spacial score (nSPS) is 32.1. The molecule has 4 aliphatic rings. The molecule has 0 radical (unpaired) electrons. The van der Waals surface area contributed by atoms with Crippen LogP contribution in [0.5, 0.6) is 5.75 Å². The molecule has 0 aliphatic heterocycles. The summed E-state index contributed by atoms with van der Waals surface area (Å²) in [5.41, 5.74) is 4.06. The van der Waals surface area contributed by atoms with Crippen LogP contribution in [0.15, 0.2) is 42.5 Å². The molecule has 2 aromatic carbocycles. The van der Waals surface area contributed by atoms with Crippen molar-refractivity contribution in [3.8, 4) is 5.75 Å². The molecule has 4 nitrogen and oxygen atoms in total. The summed E-state index contributed by atoms with van der Waals surface area (Å²) in [5, 5.41) is 7.54. The lowest BCUT2D eigenvalue weighted by molar-refractivity contribution is -0.119. The Kier molecular flexibility index (Phi) is 5.73. The summed E-state index contributed by atoms with van der Waals surface area (Å²) in [5.74, 6) is 1.38. The van der Waals surface area contributed by atoms with Crippen LogP contribution in [0.1, 0.15) is 63.5 Å². The average molecular weight is 467 g/mol. The number of rotatable bonds is 7. The fourth-order valence-electron chi connectivity index (χ4n) is 7.73. The minimum absolute atomic E-state index is 0.0358. The molecular weight excluding hydrogens is 432 g/mol. The lowest BCUT2D eigenvalue weighted by Gasteiger charge is -2.65. The first-order valence-corrected chi connectivity index (χ1v) is 12.5. The summed E-state index contributed by atoms with van der Waals surface area (Å²) in [6.45, 7) is 7.68. The van der Waals surface area contributed by atoms with Gasteiger partial charge >= 0.3 is 0 Å². The van der Waals surface area contributed by atoms with Crippen LogP contribution in [-0.2, 0) is 11.3 Å². The standard InChI is InChI=1S/C28H35ClN2O2/c1-19-4-7-23(8-5-19)31-25(32)15-33-24-9-6-22(29)10-21(24)14-30-28-13-20-11-26(2,17-28)16-27(3,12-20)18-28/h4-10,20,30H,11-18H2,1-3H3,(H,31,32)/t20?,26-,27+,28?. The Balaban J connectivity index is 1.24. The van der Waals surface area contributed by atoms with Gasteiger partial charge in [0.05, 0.1) is 0 Å². The van der Waals surface area contributed by atoms with Crippen molar-refractivity contribution >= 4 is 23.2 Å². The number of hydrogen-bond acceptors (Lipinski definition) is 3. The monoisotopic (exact) mass is 466 g/mol. The third kappa shape index (κ3) is 4.93. The number of nitrogens with one attached hydrogen (secondary N) is 2. The second-order valence-corrected chi connectivity index (χ2v) is 12.2. The van der Waals surface area contributed by atoms with E-state index >= 15 is 0 Å². The van der Waals surface area contributed by atoms with E-state index in [9.17, 15) is 4.79 Å². The smallest absolute Gasteiger partial charge is 0.262 e. The summed E-state index contributed by atoms with van der Waals surface area (Å²) in [6, 6.07) is 13.4. The molecule has 2 N–H and O–H groups in total. The average Bonchev–Trinajstić information content (AvgIpc) is 2.71. The fraction of sp³-hybridized carbons (Fsp3) is 0.536. The molecule has 2 unspecified atom stereocenters. The van der Waals surface area contributed by atoms with E-state index in [0.29, 0.717) is 28.1 Å². The van der Waals surface area contributed by atoms with Gasteiger partial charge in [0.2, 0.25) is 0 Å². The number of benzene rings is 2. The maximum Gasteiger partial charge on any atom is 0.262 e. The minimum atomic E-state index is -0.172. The van der Waals surface area contributed by atoms with Crippen molar-refractivity contribution in [1.29, 1.82) is 0 Å². The maximum atomic E-state index is 12.4. The molecule has 4 bridgehead atoms. The van der Waals surface area contributed by atoms with Gasteiger partial charge < -0.3 is 15.4 Å². The van der Waals surface area contributed by atoms with Gasteiger partial charge in [0.1, 0.15) is 5.75 Å². The first-order chi connectivity index (χ1) is 15.6. The second kappa shape index (κ2) is 8.32. The van der Waals surface area contributed by atoms with Crippen molar-refractivity contribution in [3.05, 3.63) is 58.6 Å². The molecule has 0 heterocycles. The van der Waals surface area contributed by atoms with Crippen LogP contribution in [0, 0.1) is 23.7 Å². The summed E-state index contributed by atoms with van der Waals surface area (Å²) >= 11 is 6.34. The largest absolute Gasteiger partial charge is 0.483 e. The Morgan fingerprint density at radius 1 is 1.03 bits per heavy atom. The van der Waals surface area contributed by atoms with Crippen molar-refractivity contribution < 1.29 is 9.53 Å². The van der Waals surface area contributed by atoms with Crippen LogP contribution in [0.3, 0.4) is 0 Å². The van der Waals surface area contributed by atoms with Crippen molar-refractivity contribution in [3.63, 3.8) is 0 Å². The molecule has 0 spiro atoms. The van der Waals surface area contributed by atoms with Gasteiger partial charge in [-0.3, -0.25) is 4.79 Å². The molecule has 176 valence electrons. The van der Waals surface area contributed by atoms with Gasteiger partial charge in [-0.05, 0) is 92.5 Å². The van der Waals surface area contributed by atoms with E-state index in [1.54, 1.807) is 0 Å². The molecule has 4 saturated carbocycles. The predicted octanol–water partition coefficient (Wildman–Crippen LogP) is 6.50. The topological polar surface area (TPSA) is 50.4 Å². The van der Waals surface area contributed by atoms with Crippen molar-refractivity contribution in [1.82, 2.24) is 5.32 Å². The van der Waals surface area contributed by atoms with E-state index in [4.69, 9.17) is 16.3 Å². The van der Waals surface area contributed by atoms with E-state index in [1.807, 2.05) is 49.4 Å². The van der Waals surface area contributed by atoms with Crippen molar-refractivity contribution in [2.45, 2.75) is 71.4 Å². The Hall–Kier alpha value is -2.04. The minimum Gasteiger partial charge on any atom is -0.483 e. The highest BCUT2D eigenvalue weighted by Crippen LogP contribution is 2.66. The predicted molar refractivity (Wildman–Crippen MR) is 134 cm³/mol. The highest BCUT2D eigenvalue weighted by Gasteiger charge is 2.59. The molecule has 33 heavy (non-hydrogen) atoms. The molecule has 6 rings (SSSR count). The first kappa shape index (κ1) is 22.7. The van der Waals surface area contributed by atoms with Gasteiger partial charge in [-0.2, -0.15) is 0 Å². The zero-order valence-electron chi connectivity index (χ0n) is 20.0. The van der Waals surface area contributed by atoms with Crippen LogP contribution >= 0.6 is 11.6 Å². The molecule has 4 fully saturated rings. The first-order valence-electron chi connectivity index (χ1n) is 12.2. The quantitative estimate of drug-likeness (QED) is 0.489. The highest BCUT2D eigenvalue weighted by molar-refractivity contribution is 6.30. The molecule has 0 saturated heterocycles. The number of hydrogen-bond donors (Lipinski definition) is 2. The fourth-order valence-corrected chi connectivity index (χ4v) is 7.93. The number of carbonyl (C=O) groups excluding carboxylic acids is 1. The van der Waals surface area contributed by atoms with E-state index in [-0.39, 0.29) is 18.1 Å². The van der Waals surface area contributed by atoms with E-state index in [1.165, 1.54) is 38.5 Å². The third-order valence-corrected chi connectivity index (χ3v) is 8.23. The molecule has 4 aliphatic carbocycles. The van der Waals surface area contributed by atoms with Crippen LogP contribution in [0.2, 0.25) is 5.02 Å². The van der Waals surface area contributed by atoms with E-state index in [2.05, 4.69) is 24.5 Å². The van der Waals surface area contributed by atoms with E-state index < -0.39 is 0 Å². The number of halogens is 1. The van der Waals surface area contributed by atoms with Gasteiger partial charge in [-0.25, -0.2) is 0 Å². The lowest BCUT2D eigenvalue weighted by atomic mass is 9.43. The molecule has 5 heteroatoms. The van der Waals surface area contributed by atoms with Gasteiger partial charge in [0.15, 0.2) is 6.61 Å². The number of ether oxygens (including phenoxy) is 1. The number of amides is 1. The molecule has 0 aromatic heterocycles.